The average Bonchev–Trinajstić information content (AvgIpc) is 2.79. The SMILES string of the molecule is Cc1ccc(S(=O)(=O)Nc2ccc(C(=O)Nc3ccc4c(c3)OCCO4)cc2)cc1[N+](=O)[O-]. The molecule has 0 saturated carbocycles. The number of benzene rings is 3. The first-order valence-corrected chi connectivity index (χ1v) is 11.3. The van der Waals surface area contributed by atoms with Crippen molar-refractivity contribution in [2.24, 2.45) is 0 Å². The van der Waals surface area contributed by atoms with E-state index in [0.717, 1.165) is 6.07 Å². The summed E-state index contributed by atoms with van der Waals surface area (Å²) in [6.45, 7) is 2.42. The van der Waals surface area contributed by atoms with Crippen LogP contribution in [0, 0.1) is 17.0 Å². The van der Waals surface area contributed by atoms with Crippen LogP contribution in [0.2, 0.25) is 0 Å². The van der Waals surface area contributed by atoms with Crippen molar-refractivity contribution in [3.8, 4) is 11.5 Å². The number of nitrogens with zero attached hydrogens (tertiary/aromatic N) is 1. The lowest BCUT2D eigenvalue weighted by atomic mass is 10.2. The van der Waals surface area contributed by atoms with Crippen LogP contribution < -0.4 is 19.5 Å². The van der Waals surface area contributed by atoms with Crippen LogP contribution in [-0.4, -0.2) is 32.5 Å². The number of carbonyl (C=O) groups excluding carboxylic acids is 1. The second kappa shape index (κ2) is 8.79. The number of hydrogen-bond donors (Lipinski definition) is 2. The minimum absolute atomic E-state index is 0.203. The largest absolute Gasteiger partial charge is 0.486 e. The van der Waals surface area contributed by atoms with Crippen molar-refractivity contribution < 1.29 is 27.6 Å². The lowest BCUT2D eigenvalue weighted by molar-refractivity contribution is -0.385. The summed E-state index contributed by atoms with van der Waals surface area (Å²) in [5.41, 5.74) is 1.10. The average molecular weight is 469 g/mol. The molecule has 1 amide bonds. The molecule has 3 aromatic rings. The van der Waals surface area contributed by atoms with E-state index in [1.807, 2.05) is 0 Å². The van der Waals surface area contributed by atoms with Crippen molar-refractivity contribution in [1.82, 2.24) is 0 Å². The summed E-state index contributed by atoms with van der Waals surface area (Å²) in [6, 6.07) is 14.5. The predicted molar refractivity (Wildman–Crippen MR) is 120 cm³/mol. The first-order chi connectivity index (χ1) is 15.7. The van der Waals surface area contributed by atoms with E-state index in [2.05, 4.69) is 10.0 Å². The molecule has 0 atom stereocenters. The fourth-order valence-electron chi connectivity index (χ4n) is 3.18. The van der Waals surface area contributed by atoms with Crippen molar-refractivity contribution in [3.05, 3.63) is 81.9 Å². The van der Waals surface area contributed by atoms with Crippen LogP contribution in [0.15, 0.2) is 65.6 Å². The summed E-state index contributed by atoms with van der Waals surface area (Å²) < 4.78 is 38.6. The number of ether oxygens (including phenoxy) is 2. The Labute approximate surface area is 189 Å². The van der Waals surface area contributed by atoms with E-state index in [4.69, 9.17) is 9.47 Å². The number of hydrogen-bond acceptors (Lipinski definition) is 7. The van der Waals surface area contributed by atoms with E-state index in [1.165, 1.54) is 43.3 Å². The first kappa shape index (κ1) is 22.1. The van der Waals surface area contributed by atoms with Crippen LogP contribution in [0.5, 0.6) is 11.5 Å². The lowest BCUT2D eigenvalue weighted by Gasteiger charge is -2.19. The third kappa shape index (κ3) is 4.88. The maximum Gasteiger partial charge on any atom is 0.273 e. The molecular formula is C22H19N3O7S. The van der Waals surface area contributed by atoms with E-state index in [9.17, 15) is 23.3 Å². The number of carbonyl (C=O) groups is 1. The summed E-state index contributed by atoms with van der Waals surface area (Å²) in [5.74, 6) is 0.755. The Morgan fingerprint density at radius 2 is 1.61 bits per heavy atom. The molecule has 4 rings (SSSR count). The number of aryl methyl sites for hydroxylation is 1. The highest BCUT2D eigenvalue weighted by Crippen LogP contribution is 2.32. The molecule has 0 bridgehead atoms. The van der Waals surface area contributed by atoms with Crippen LogP contribution in [-0.2, 0) is 10.0 Å². The molecule has 1 aliphatic rings. The highest BCUT2D eigenvalue weighted by atomic mass is 32.2. The fourth-order valence-corrected chi connectivity index (χ4v) is 4.26. The quantitative estimate of drug-likeness (QED) is 0.414. The van der Waals surface area contributed by atoms with Crippen molar-refractivity contribution in [2.45, 2.75) is 11.8 Å². The van der Waals surface area contributed by atoms with Crippen molar-refractivity contribution in [3.63, 3.8) is 0 Å². The molecule has 0 aliphatic carbocycles. The van der Waals surface area contributed by atoms with E-state index >= 15 is 0 Å². The Morgan fingerprint density at radius 1 is 0.939 bits per heavy atom. The molecule has 0 saturated heterocycles. The van der Waals surface area contributed by atoms with Crippen LogP contribution in [0.3, 0.4) is 0 Å². The van der Waals surface area contributed by atoms with Gasteiger partial charge in [-0.3, -0.25) is 19.6 Å². The van der Waals surface area contributed by atoms with Gasteiger partial charge >= 0.3 is 0 Å². The summed E-state index contributed by atoms with van der Waals surface area (Å²) in [6.07, 6.45) is 0. The van der Waals surface area contributed by atoms with E-state index in [0.29, 0.717) is 41.5 Å². The maximum atomic E-state index is 12.6. The van der Waals surface area contributed by atoms with Gasteiger partial charge in [0.2, 0.25) is 0 Å². The Bertz CT molecular complexity index is 1340. The van der Waals surface area contributed by atoms with Gasteiger partial charge in [0, 0.05) is 34.6 Å². The van der Waals surface area contributed by atoms with Crippen molar-refractivity contribution in [2.75, 3.05) is 23.3 Å². The molecule has 33 heavy (non-hydrogen) atoms. The summed E-state index contributed by atoms with van der Waals surface area (Å²) >= 11 is 0. The van der Waals surface area contributed by atoms with Gasteiger partial charge in [-0.1, -0.05) is 6.07 Å². The lowest BCUT2D eigenvalue weighted by Crippen LogP contribution is -2.16. The van der Waals surface area contributed by atoms with Crippen LogP contribution in [0.4, 0.5) is 17.1 Å². The zero-order chi connectivity index (χ0) is 23.6. The summed E-state index contributed by atoms with van der Waals surface area (Å²) in [5, 5.41) is 13.8. The van der Waals surface area contributed by atoms with Gasteiger partial charge in [-0.15, -0.1) is 0 Å². The van der Waals surface area contributed by atoms with E-state index < -0.39 is 20.9 Å². The van der Waals surface area contributed by atoms with Crippen LogP contribution in [0.1, 0.15) is 15.9 Å². The molecule has 3 aromatic carbocycles. The van der Waals surface area contributed by atoms with E-state index in [1.54, 1.807) is 18.2 Å². The van der Waals surface area contributed by atoms with Gasteiger partial charge in [-0.2, -0.15) is 0 Å². The molecule has 0 radical (unpaired) electrons. The molecule has 2 N–H and O–H groups in total. The van der Waals surface area contributed by atoms with Crippen LogP contribution >= 0.6 is 0 Å². The van der Waals surface area contributed by atoms with Crippen LogP contribution in [0.25, 0.3) is 0 Å². The molecule has 1 aliphatic heterocycles. The molecule has 0 aromatic heterocycles. The summed E-state index contributed by atoms with van der Waals surface area (Å²) in [7, 11) is -4.06. The van der Waals surface area contributed by atoms with Gasteiger partial charge in [0.05, 0.1) is 9.82 Å². The van der Waals surface area contributed by atoms with Gasteiger partial charge in [-0.25, -0.2) is 8.42 Å². The predicted octanol–water partition coefficient (Wildman–Crippen LogP) is 3.73. The van der Waals surface area contributed by atoms with Gasteiger partial charge in [0.1, 0.15) is 13.2 Å². The topological polar surface area (TPSA) is 137 Å². The molecule has 0 fully saturated rings. The molecule has 10 nitrogen and oxygen atoms in total. The number of sulfonamides is 1. The Morgan fingerprint density at radius 3 is 2.30 bits per heavy atom. The Kier molecular flexibility index (Phi) is 5.88. The fraction of sp³-hybridized carbons (Fsp3) is 0.136. The maximum absolute atomic E-state index is 12.6. The number of fused-ring (bicyclic) bond motifs is 1. The molecule has 11 heteroatoms. The zero-order valence-electron chi connectivity index (χ0n) is 17.4. The third-order valence-electron chi connectivity index (χ3n) is 4.89. The number of nitrogens with one attached hydrogen (secondary N) is 2. The van der Waals surface area contributed by atoms with Gasteiger partial charge in [0.15, 0.2) is 11.5 Å². The normalized spacial score (nSPS) is 12.6. The second-order valence-corrected chi connectivity index (χ2v) is 8.88. The Balaban J connectivity index is 1.46. The molecule has 0 unspecified atom stereocenters. The molecule has 170 valence electrons. The standard InChI is InChI=1S/C22H19N3O7S/c1-14-2-8-18(13-19(14)25(27)28)33(29,30)24-16-5-3-15(4-6-16)22(26)23-17-7-9-20-21(12-17)32-11-10-31-20/h2-9,12-13,24H,10-11H2,1H3,(H,23,26). The molecule has 1 heterocycles. The highest BCUT2D eigenvalue weighted by molar-refractivity contribution is 7.92. The number of anilines is 2. The monoisotopic (exact) mass is 469 g/mol. The number of amides is 1. The molecular weight excluding hydrogens is 450 g/mol. The highest BCUT2D eigenvalue weighted by Gasteiger charge is 2.20. The smallest absolute Gasteiger partial charge is 0.273 e. The minimum Gasteiger partial charge on any atom is -0.486 e. The Hall–Kier alpha value is -4.12. The van der Waals surface area contributed by atoms with E-state index in [-0.39, 0.29) is 16.3 Å². The van der Waals surface area contributed by atoms with Gasteiger partial charge < -0.3 is 14.8 Å². The van der Waals surface area contributed by atoms with Crippen molar-refractivity contribution in [1.29, 1.82) is 0 Å². The second-order valence-electron chi connectivity index (χ2n) is 7.20. The number of nitro groups is 1. The first-order valence-electron chi connectivity index (χ1n) is 9.82. The van der Waals surface area contributed by atoms with Crippen molar-refractivity contribution >= 4 is 33.0 Å². The van der Waals surface area contributed by atoms with Gasteiger partial charge in [0.25, 0.3) is 21.6 Å². The minimum atomic E-state index is -4.06. The summed E-state index contributed by atoms with van der Waals surface area (Å²) in [4.78, 5) is 22.8. The van der Waals surface area contributed by atoms with Gasteiger partial charge in [-0.05, 0) is 49.4 Å². The zero-order valence-corrected chi connectivity index (χ0v) is 18.2. The number of rotatable bonds is 6. The number of nitro benzene ring substituents is 1. The molecule has 0 spiro atoms. The third-order valence-corrected chi connectivity index (χ3v) is 6.27.